The summed E-state index contributed by atoms with van der Waals surface area (Å²) in [5.74, 6) is 3.80. The lowest BCUT2D eigenvalue weighted by molar-refractivity contribution is -0.121. The first kappa shape index (κ1) is 18.8. The number of carbonyl (C=O) groups is 1. The van der Waals surface area contributed by atoms with E-state index in [9.17, 15) is 15.0 Å². The van der Waals surface area contributed by atoms with Crippen LogP contribution in [-0.4, -0.2) is 16.0 Å². The molecule has 2 unspecified atom stereocenters. The van der Waals surface area contributed by atoms with Gasteiger partial charge in [0.25, 0.3) is 0 Å². The van der Waals surface area contributed by atoms with Crippen LogP contribution in [0.3, 0.4) is 0 Å². The van der Waals surface area contributed by atoms with Crippen molar-refractivity contribution in [1.82, 2.24) is 0 Å². The molecule has 3 heteroatoms. The molecule has 4 rings (SSSR count). The zero-order valence-corrected chi connectivity index (χ0v) is 16.4. The van der Waals surface area contributed by atoms with Gasteiger partial charge in [-0.05, 0) is 79.9 Å². The molecule has 0 radical (unpaired) electrons. The van der Waals surface area contributed by atoms with Crippen molar-refractivity contribution in [2.24, 2.45) is 29.6 Å². The maximum Gasteiger partial charge on any atom is 0.136 e. The molecule has 3 aliphatic rings. The summed E-state index contributed by atoms with van der Waals surface area (Å²) in [5.41, 5.74) is 0.931. The van der Waals surface area contributed by atoms with Crippen LogP contribution in [0.1, 0.15) is 76.2 Å². The van der Waals surface area contributed by atoms with E-state index in [-0.39, 0.29) is 17.4 Å². The summed E-state index contributed by atoms with van der Waals surface area (Å²) in [5, 5.41) is 19.2. The summed E-state index contributed by atoms with van der Waals surface area (Å²) < 4.78 is 0. The molecule has 2 N–H and O–H groups in total. The third kappa shape index (κ3) is 4.86. The molecule has 1 aromatic carbocycles. The van der Waals surface area contributed by atoms with Crippen LogP contribution in [0.2, 0.25) is 0 Å². The highest BCUT2D eigenvalue weighted by molar-refractivity contribution is 5.84. The fourth-order valence-corrected chi connectivity index (χ4v) is 5.85. The number of rotatable bonds is 6. The van der Waals surface area contributed by atoms with E-state index >= 15 is 0 Å². The SMILES string of the molecule is O=C(CC1CCC(C2CCCCC2)CC1)C1CC1Cc1cc(O)cc(O)c1. The van der Waals surface area contributed by atoms with Crippen molar-refractivity contribution in [3.05, 3.63) is 23.8 Å². The van der Waals surface area contributed by atoms with Crippen molar-refractivity contribution in [1.29, 1.82) is 0 Å². The molecule has 3 aliphatic carbocycles. The van der Waals surface area contributed by atoms with Crippen molar-refractivity contribution in [2.45, 2.75) is 77.0 Å². The lowest BCUT2D eigenvalue weighted by Crippen LogP contribution is -2.25. The van der Waals surface area contributed by atoms with Gasteiger partial charge in [-0.3, -0.25) is 4.79 Å². The fraction of sp³-hybridized carbons (Fsp3) is 0.708. The van der Waals surface area contributed by atoms with Crippen LogP contribution in [0.25, 0.3) is 0 Å². The monoisotopic (exact) mass is 370 g/mol. The number of hydrogen-bond acceptors (Lipinski definition) is 3. The maximum absolute atomic E-state index is 12.7. The van der Waals surface area contributed by atoms with E-state index in [1.54, 1.807) is 12.1 Å². The number of benzene rings is 1. The van der Waals surface area contributed by atoms with E-state index in [4.69, 9.17) is 0 Å². The quantitative estimate of drug-likeness (QED) is 0.683. The Morgan fingerprint density at radius 3 is 2.15 bits per heavy atom. The van der Waals surface area contributed by atoms with Crippen LogP contribution in [0.4, 0.5) is 0 Å². The summed E-state index contributed by atoms with van der Waals surface area (Å²) in [4.78, 5) is 12.7. The summed E-state index contributed by atoms with van der Waals surface area (Å²) in [6, 6.07) is 4.75. The second kappa shape index (κ2) is 8.24. The molecular formula is C24H34O3. The van der Waals surface area contributed by atoms with Gasteiger partial charge in [0, 0.05) is 18.4 Å². The fourth-order valence-electron chi connectivity index (χ4n) is 5.85. The van der Waals surface area contributed by atoms with Gasteiger partial charge in [0.05, 0.1) is 0 Å². The Morgan fingerprint density at radius 2 is 1.48 bits per heavy atom. The average molecular weight is 371 g/mol. The third-order valence-electron chi connectivity index (χ3n) is 7.49. The third-order valence-corrected chi connectivity index (χ3v) is 7.49. The van der Waals surface area contributed by atoms with Gasteiger partial charge in [0.2, 0.25) is 0 Å². The first-order valence-corrected chi connectivity index (χ1v) is 11.1. The first-order valence-electron chi connectivity index (χ1n) is 11.1. The average Bonchev–Trinajstić information content (AvgIpc) is 3.41. The molecule has 3 saturated carbocycles. The van der Waals surface area contributed by atoms with Crippen LogP contribution in [0.15, 0.2) is 18.2 Å². The molecule has 0 spiro atoms. The number of ketones is 1. The van der Waals surface area contributed by atoms with Crippen molar-refractivity contribution >= 4 is 5.78 Å². The van der Waals surface area contributed by atoms with Gasteiger partial charge in [-0.15, -0.1) is 0 Å². The van der Waals surface area contributed by atoms with E-state index < -0.39 is 0 Å². The first-order chi connectivity index (χ1) is 13.1. The van der Waals surface area contributed by atoms with E-state index in [1.807, 2.05) is 0 Å². The number of Topliss-reactive ketones (excluding diaryl/α,β-unsaturated/α-hetero) is 1. The Morgan fingerprint density at radius 1 is 0.852 bits per heavy atom. The minimum atomic E-state index is 0.100. The normalized spacial score (nSPS) is 31.6. The summed E-state index contributed by atoms with van der Waals surface area (Å²) in [6.07, 6.45) is 14.9. The molecule has 0 amide bonds. The van der Waals surface area contributed by atoms with Crippen LogP contribution >= 0.6 is 0 Å². The van der Waals surface area contributed by atoms with Gasteiger partial charge in [-0.25, -0.2) is 0 Å². The molecule has 3 nitrogen and oxygen atoms in total. The Labute approximate surface area is 163 Å². The standard InChI is InChI=1S/C24H34O3/c25-21-11-17(12-22(26)15-21)10-20-14-23(20)24(27)13-16-6-8-19(9-7-16)18-4-2-1-3-5-18/h11-12,15-16,18-20,23,25-26H,1-10,13-14H2. The van der Waals surface area contributed by atoms with Gasteiger partial charge in [-0.1, -0.05) is 32.1 Å². The smallest absolute Gasteiger partial charge is 0.136 e. The second-order valence-corrected chi connectivity index (χ2v) is 9.51. The lowest BCUT2D eigenvalue weighted by Gasteiger charge is -2.35. The molecular weight excluding hydrogens is 336 g/mol. The molecule has 3 fully saturated rings. The van der Waals surface area contributed by atoms with E-state index in [2.05, 4.69) is 0 Å². The van der Waals surface area contributed by atoms with E-state index in [0.29, 0.717) is 17.6 Å². The summed E-state index contributed by atoms with van der Waals surface area (Å²) in [6.45, 7) is 0. The molecule has 2 atom stereocenters. The van der Waals surface area contributed by atoms with Crippen molar-refractivity contribution in [2.75, 3.05) is 0 Å². The van der Waals surface area contributed by atoms with Crippen LogP contribution in [0.5, 0.6) is 11.5 Å². The molecule has 148 valence electrons. The molecule has 0 bridgehead atoms. The van der Waals surface area contributed by atoms with Crippen molar-refractivity contribution in [3.8, 4) is 11.5 Å². The molecule has 0 saturated heterocycles. The van der Waals surface area contributed by atoms with Crippen LogP contribution in [0, 0.1) is 29.6 Å². The predicted molar refractivity (Wildman–Crippen MR) is 107 cm³/mol. The zero-order chi connectivity index (χ0) is 18.8. The minimum absolute atomic E-state index is 0.100. The molecule has 0 heterocycles. The van der Waals surface area contributed by atoms with Gasteiger partial charge >= 0.3 is 0 Å². The van der Waals surface area contributed by atoms with Crippen LogP contribution in [-0.2, 0) is 11.2 Å². The number of aromatic hydroxyl groups is 2. The lowest BCUT2D eigenvalue weighted by atomic mass is 9.70. The number of phenols is 2. The highest BCUT2D eigenvalue weighted by Gasteiger charge is 2.43. The van der Waals surface area contributed by atoms with Crippen molar-refractivity contribution in [3.63, 3.8) is 0 Å². The Kier molecular flexibility index (Phi) is 5.75. The molecule has 0 aromatic heterocycles. The van der Waals surface area contributed by atoms with Crippen molar-refractivity contribution < 1.29 is 15.0 Å². The number of carbonyl (C=O) groups excluding carboxylic acids is 1. The van der Waals surface area contributed by atoms with Gasteiger partial charge < -0.3 is 10.2 Å². The molecule has 0 aliphatic heterocycles. The Hall–Kier alpha value is -1.51. The molecule has 1 aromatic rings. The maximum atomic E-state index is 12.7. The topological polar surface area (TPSA) is 57.5 Å². The predicted octanol–water partition coefficient (Wildman–Crippen LogP) is 5.62. The second-order valence-electron chi connectivity index (χ2n) is 9.51. The summed E-state index contributed by atoms with van der Waals surface area (Å²) in [7, 11) is 0. The summed E-state index contributed by atoms with van der Waals surface area (Å²) >= 11 is 0. The van der Waals surface area contributed by atoms with Gasteiger partial charge in [0.15, 0.2) is 0 Å². The highest BCUT2D eigenvalue weighted by Crippen LogP contribution is 2.46. The Balaban J connectivity index is 1.20. The largest absolute Gasteiger partial charge is 0.508 e. The molecule has 27 heavy (non-hydrogen) atoms. The highest BCUT2D eigenvalue weighted by atomic mass is 16.3. The number of phenolic OH excluding ortho intramolecular Hbond substituents is 2. The zero-order valence-electron chi connectivity index (χ0n) is 16.4. The van der Waals surface area contributed by atoms with Gasteiger partial charge in [-0.2, -0.15) is 0 Å². The Bertz CT molecular complexity index is 633. The number of hydrogen-bond donors (Lipinski definition) is 2. The van der Waals surface area contributed by atoms with E-state index in [1.165, 1.54) is 63.9 Å². The van der Waals surface area contributed by atoms with Gasteiger partial charge in [0.1, 0.15) is 17.3 Å². The van der Waals surface area contributed by atoms with Crippen LogP contribution < -0.4 is 0 Å². The minimum Gasteiger partial charge on any atom is -0.508 e. The van der Waals surface area contributed by atoms with E-state index in [0.717, 1.165) is 36.7 Å².